The predicted octanol–water partition coefficient (Wildman–Crippen LogP) is 2.29. The van der Waals surface area contributed by atoms with Gasteiger partial charge in [0.1, 0.15) is 11.5 Å². The maximum absolute atomic E-state index is 5.84. The lowest BCUT2D eigenvalue weighted by molar-refractivity contribution is 0.381. The Morgan fingerprint density at radius 3 is 2.41 bits per heavy atom. The summed E-state index contributed by atoms with van der Waals surface area (Å²) in [7, 11) is 3.40. The highest BCUT2D eigenvalue weighted by molar-refractivity contribution is 5.49. The minimum absolute atomic E-state index is 0.328. The molecule has 1 saturated carbocycles. The molecule has 2 rings (SSSR count). The van der Waals surface area contributed by atoms with Gasteiger partial charge in [0.15, 0.2) is 0 Å². The monoisotopic (exact) mass is 235 g/mol. The van der Waals surface area contributed by atoms with Crippen molar-refractivity contribution in [1.29, 1.82) is 0 Å². The molecule has 94 valence electrons. The number of methoxy groups -OCH3 is 2. The van der Waals surface area contributed by atoms with Crippen molar-refractivity contribution in [2.24, 2.45) is 11.1 Å². The molecule has 17 heavy (non-hydrogen) atoms. The summed E-state index contributed by atoms with van der Waals surface area (Å²) in [6.45, 7) is 2.80. The van der Waals surface area contributed by atoms with Crippen molar-refractivity contribution in [3.63, 3.8) is 0 Å². The van der Waals surface area contributed by atoms with Crippen LogP contribution in [0.1, 0.15) is 24.0 Å². The van der Waals surface area contributed by atoms with Crippen molar-refractivity contribution >= 4 is 0 Å². The van der Waals surface area contributed by atoms with Crippen LogP contribution in [0.15, 0.2) is 12.1 Å². The van der Waals surface area contributed by atoms with Gasteiger partial charge in [0.25, 0.3) is 0 Å². The molecular weight excluding hydrogens is 214 g/mol. The molecule has 0 unspecified atom stereocenters. The van der Waals surface area contributed by atoms with E-state index < -0.39 is 0 Å². The zero-order valence-corrected chi connectivity index (χ0v) is 10.9. The third-order valence-electron chi connectivity index (χ3n) is 3.82. The molecule has 0 aliphatic heterocycles. The zero-order valence-electron chi connectivity index (χ0n) is 10.9. The summed E-state index contributed by atoms with van der Waals surface area (Å²) < 4.78 is 10.8. The SMILES string of the molecule is COc1ccc(CC2(CN)CC2)c(OC)c1C. The number of benzene rings is 1. The Labute approximate surface area is 103 Å². The van der Waals surface area contributed by atoms with Gasteiger partial charge in [-0.2, -0.15) is 0 Å². The molecule has 1 fully saturated rings. The van der Waals surface area contributed by atoms with E-state index in [0.29, 0.717) is 5.41 Å². The summed E-state index contributed by atoms with van der Waals surface area (Å²) >= 11 is 0. The van der Waals surface area contributed by atoms with E-state index >= 15 is 0 Å². The van der Waals surface area contributed by atoms with Crippen LogP contribution < -0.4 is 15.2 Å². The minimum Gasteiger partial charge on any atom is -0.496 e. The number of rotatable bonds is 5. The van der Waals surface area contributed by atoms with Crippen LogP contribution in [0.25, 0.3) is 0 Å². The molecule has 0 aromatic heterocycles. The second kappa shape index (κ2) is 4.57. The van der Waals surface area contributed by atoms with Crippen LogP contribution in [0.2, 0.25) is 0 Å². The minimum atomic E-state index is 0.328. The molecule has 0 bridgehead atoms. The Balaban J connectivity index is 2.31. The number of hydrogen-bond acceptors (Lipinski definition) is 3. The van der Waals surface area contributed by atoms with Crippen molar-refractivity contribution in [2.45, 2.75) is 26.2 Å². The largest absolute Gasteiger partial charge is 0.496 e. The van der Waals surface area contributed by atoms with Crippen LogP contribution in [0.3, 0.4) is 0 Å². The molecule has 2 N–H and O–H groups in total. The molecule has 0 amide bonds. The first-order chi connectivity index (χ1) is 8.15. The van der Waals surface area contributed by atoms with Gasteiger partial charge in [0.2, 0.25) is 0 Å². The van der Waals surface area contributed by atoms with Gasteiger partial charge in [-0.1, -0.05) is 6.07 Å². The standard InChI is InChI=1S/C14H21NO2/c1-10-12(16-2)5-4-11(13(10)17-3)8-14(9-15)6-7-14/h4-5H,6-9,15H2,1-3H3. The predicted molar refractivity (Wildman–Crippen MR) is 68.7 cm³/mol. The van der Waals surface area contributed by atoms with Crippen LogP contribution >= 0.6 is 0 Å². The van der Waals surface area contributed by atoms with Crippen molar-refractivity contribution in [3.05, 3.63) is 23.3 Å². The van der Waals surface area contributed by atoms with Gasteiger partial charge in [-0.25, -0.2) is 0 Å². The molecular formula is C14H21NO2. The topological polar surface area (TPSA) is 44.5 Å². The van der Waals surface area contributed by atoms with E-state index in [0.717, 1.165) is 30.0 Å². The van der Waals surface area contributed by atoms with Gasteiger partial charge in [0, 0.05) is 5.56 Å². The quantitative estimate of drug-likeness (QED) is 0.851. The van der Waals surface area contributed by atoms with Gasteiger partial charge in [-0.3, -0.25) is 0 Å². The molecule has 3 nitrogen and oxygen atoms in total. The van der Waals surface area contributed by atoms with Crippen LogP contribution in [-0.2, 0) is 6.42 Å². The molecule has 0 atom stereocenters. The van der Waals surface area contributed by atoms with Gasteiger partial charge in [-0.15, -0.1) is 0 Å². The molecule has 0 heterocycles. The van der Waals surface area contributed by atoms with Gasteiger partial charge >= 0.3 is 0 Å². The summed E-state index contributed by atoms with van der Waals surface area (Å²) in [4.78, 5) is 0. The Kier molecular flexibility index (Phi) is 3.29. The summed E-state index contributed by atoms with van der Waals surface area (Å²) in [6.07, 6.45) is 3.48. The molecule has 1 aromatic carbocycles. The van der Waals surface area contributed by atoms with Crippen molar-refractivity contribution in [2.75, 3.05) is 20.8 Å². The lowest BCUT2D eigenvalue weighted by Crippen LogP contribution is -2.18. The third kappa shape index (κ3) is 2.25. The lowest BCUT2D eigenvalue weighted by Gasteiger charge is -2.18. The van der Waals surface area contributed by atoms with E-state index in [4.69, 9.17) is 15.2 Å². The lowest BCUT2D eigenvalue weighted by atomic mass is 9.94. The highest BCUT2D eigenvalue weighted by atomic mass is 16.5. The molecule has 1 aliphatic carbocycles. The molecule has 1 aliphatic rings. The molecule has 0 spiro atoms. The van der Waals surface area contributed by atoms with Gasteiger partial charge in [-0.05, 0) is 49.8 Å². The first kappa shape index (κ1) is 12.2. The van der Waals surface area contributed by atoms with E-state index in [-0.39, 0.29) is 0 Å². The first-order valence-electron chi connectivity index (χ1n) is 6.06. The van der Waals surface area contributed by atoms with Crippen molar-refractivity contribution in [1.82, 2.24) is 0 Å². The second-order valence-corrected chi connectivity index (χ2v) is 4.97. The number of ether oxygens (including phenoxy) is 2. The Morgan fingerprint density at radius 2 is 1.94 bits per heavy atom. The highest BCUT2D eigenvalue weighted by Crippen LogP contribution is 2.49. The van der Waals surface area contributed by atoms with Gasteiger partial charge in [0.05, 0.1) is 14.2 Å². The molecule has 0 saturated heterocycles. The average molecular weight is 235 g/mol. The third-order valence-corrected chi connectivity index (χ3v) is 3.82. The maximum atomic E-state index is 5.84. The highest BCUT2D eigenvalue weighted by Gasteiger charge is 2.41. The fourth-order valence-electron chi connectivity index (χ4n) is 2.41. The summed E-state index contributed by atoms with van der Waals surface area (Å²) in [5.41, 5.74) is 8.48. The zero-order chi connectivity index (χ0) is 12.5. The Hall–Kier alpha value is -1.22. The molecule has 1 aromatic rings. The van der Waals surface area contributed by atoms with E-state index in [1.807, 2.05) is 13.0 Å². The van der Waals surface area contributed by atoms with Crippen LogP contribution in [0.4, 0.5) is 0 Å². The fourth-order valence-corrected chi connectivity index (χ4v) is 2.41. The second-order valence-electron chi connectivity index (χ2n) is 4.97. The van der Waals surface area contributed by atoms with Crippen molar-refractivity contribution < 1.29 is 9.47 Å². The van der Waals surface area contributed by atoms with Crippen LogP contribution in [-0.4, -0.2) is 20.8 Å². The van der Waals surface area contributed by atoms with E-state index in [1.54, 1.807) is 14.2 Å². The van der Waals surface area contributed by atoms with Gasteiger partial charge < -0.3 is 15.2 Å². The van der Waals surface area contributed by atoms with E-state index in [2.05, 4.69) is 6.07 Å². The fraction of sp³-hybridized carbons (Fsp3) is 0.571. The normalized spacial score (nSPS) is 16.7. The Morgan fingerprint density at radius 1 is 1.24 bits per heavy atom. The van der Waals surface area contributed by atoms with Crippen LogP contribution in [0, 0.1) is 12.3 Å². The first-order valence-corrected chi connectivity index (χ1v) is 6.06. The average Bonchev–Trinajstić information content (AvgIpc) is 3.10. The van der Waals surface area contributed by atoms with E-state index in [9.17, 15) is 0 Å². The van der Waals surface area contributed by atoms with Crippen LogP contribution in [0.5, 0.6) is 11.5 Å². The smallest absolute Gasteiger partial charge is 0.128 e. The molecule has 0 radical (unpaired) electrons. The summed E-state index contributed by atoms with van der Waals surface area (Å²) in [6, 6.07) is 4.11. The van der Waals surface area contributed by atoms with E-state index in [1.165, 1.54) is 18.4 Å². The Bertz CT molecular complexity index is 411. The summed E-state index contributed by atoms with van der Waals surface area (Å²) in [5, 5.41) is 0. The number of nitrogens with two attached hydrogens (primary N) is 1. The summed E-state index contributed by atoms with van der Waals surface area (Å²) in [5.74, 6) is 1.83. The molecule has 3 heteroatoms. The van der Waals surface area contributed by atoms with Crippen molar-refractivity contribution in [3.8, 4) is 11.5 Å². The maximum Gasteiger partial charge on any atom is 0.128 e. The number of hydrogen-bond donors (Lipinski definition) is 1.